The van der Waals surface area contributed by atoms with E-state index in [1.54, 1.807) is 0 Å². The molecular weight excluding hydrogens is 395 g/mol. The van der Waals surface area contributed by atoms with Gasteiger partial charge in [-0.05, 0) is 47.7 Å². The van der Waals surface area contributed by atoms with Gasteiger partial charge in [0.2, 0.25) is 5.91 Å². The lowest BCUT2D eigenvalue weighted by Gasteiger charge is -2.20. The number of rotatable bonds is 4. The number of benzene rings is 2. The molecule has 0 fully saturated rings. The summed E-state index contributed by atoms with van der Waals surface area (Å²) in [5.74, 6) is -0.345. The third-order valence-corrected chi connectivity index (χ3v) is 5.47. The molecule has 2 aromatic carbocycles. The summed E-state index contributed by atoms with van der Waals surface area (Å²) in [5.41, 5.74) is 1.27. The van der Waals surface area contributed by atoms with Gasteiger partial charge < -0.3 is 5.32 Å². The molecule has 0 heterocycles. The zero-order chi connectivity index (χ0) is 20.4. The average molecular weight is 416 g/mol. The molecule has 7 heteroatoms. The van der Waals surface area contributed by atoms with Crippen LogP contribution < -0.4 is 5.32 Å². The van der Waals surface area contributed by atoms with Gasteiger partial charge in [-0.1, -0.05) is 44.5 Å². The Morgan fingerprint density at radius 3 is 2.30 bits per heavy atom. The highest BCUT2D eigenvalue weighted by Gasteiger charge is 2.31. The Hall–Kier alpha value is -1.66. The highest BCUT2D eigenvalue weighted by atomic mass is 35.5. The Balaban J connectivity index is 2.10. The van der Waals surface area contributed by atoms with Crippen LogP contribution in [0.4, 0.5) is 18.9 Å². The molecule has 0 unspecified atom stereocenters. The second kappa shape index (κ2) is 8.15. The molecule has 0 spiro atoms. The molecule has 0 atom stereocenters. The molecule has 1 N–H and O–H groups in total. The fourth-order valence-corrected chi connectivity index (χ4v) is 3.38. The van der Waals surface area contributed by atoms with Crippen molar-refractivity contribution in [3.63, 3.8) is 0 Å². The maximum Gasteiger partial charge on any atom is 0.416 e. The first-order valence-electron chi connectivity index (χ1n) is 8.28. The standard InChI is InChI=1S/C20H21ClF3NOS/c1-12-5-6-13(19(2,3)4)10-17(12)27-11-18(26)25-16-9-14(20(22,23)24)7-8-15(16)21/h5-10H,11H2,1-4H3,(H,25,26). The second-order valence-electron chi connectivity index (χ2n) is 7.26. The molecule has 2 aromatic rings. The van der Waals surface area contributed by atoms with E-state index >= 15 is 0 Å². The monoisotopic (exact) mass is 415 g/mol. The lowest BCUT2D eigenvalue weighted by molar-refractivity contribution is -0.137. The van der Waals surface area contributed by atoms with E-state index in [4.69, 9.17) is 11.6 Å². The Morgan fingerprint density at radius 2 is 1.70 bits per heavy atom. The van der Waals surface area contributed by atoms with Gasteiger partial charge in [-0.15, -0.1) is 11.8 Å². The van der Waals surface area contributed by atoms with Gasteiger partial charge in [-0.2, -0.15) is 13.2 Å². The summed E-state index contributed by atoms with van der Waals surface area (Å²) in [4.78, 5) is 13.2. The molecule has 2 nitrogen and oxygen atoms in total. The number of carbonyl (C=O) groups is 1. The summed E-state index contributed by atoms with van der Waals surface area (Å²) < 4.78 is 38.5. The lowest BCUT2D eigenvalue weighted by atomic mass is 9.87. The van der Waals surface area contributed by atoms with E-state index in [1.165, 1.54) is 11.8 Å². The van der Waals surface area contributed by atoms with Crippen molar-refractivity contribution in [2.45, 2.75) is 44.2 Å². The number of carbonyl (C=O) groups excluding carboxylic acids is 1. The minimum atomic E-state index is -4.50. The number of hydrogen-bond donors (Lipinski definition) is 1. The number of alkyl halides is 3. The van der Waals surface area contributed by atoms with Crippen LogP contribution in [0.5, 0.6) is 0 Å². The van der Waals surface area contributed by atoms with Gasteiger partial charge in [0.15, 0.2) is 0 Å². The van der Waals surface area contributed by atoms with Crippen molar-refractivity contribution in [1.82, 2.24) is 0 Å². The van der Waals surface area contributed by atoms with Crippen molar-refractivity contribution in [3.8, 4) is 0 Å². The molecule has 0 aliphatic carbocycles. The van der Waals surface area contributed by atoms with Gasteiger partial charge in [0.05, 0.1) is 22.0 Å². The van der Waals surface area contributed by atoms with E-state index in [1.807, 2.05) is 19.1 Å². The number of halogens is 4. The summed E-state index contributed by atoms with van der Waals surface area (Å²) in [6.07, 6.45) is -4.50. The third-order valence-electron chi connectivity index (χ3n) is 3.98. The summed E-state index contributed by atoms with van der Waals surface area (Å²) in [6, 6.07) is 8.96. The molecule has 0 saturated carbocycles. The molecule has 0 radical (unpaired) electrons. The maximum absolute atomic E-state index is 12.8. The topological polar surface area (TPSA) is 29.1 Å². The second-order valence-corrected chi connectivity index (χ2v) is 8.68. The van der Waals surface area contributed by atoms with Crippen LogP contribution in [0.1, 0.15) is 37.5 Å². The zero-order valence-electron chi connectivity index (χ0n) is 15.5. The Morgan fingerprint density at radius 1 is 1.07 bits per heavy atom. The van der Waals surface area contributed by atoms with Gasteiger partial charge in [-0.25, -0.2) is 0 Å². The lowest BCUT2D eigenvalue weighted by Crippen LogP contribution is -2.16. The number of nitrogens with one attached hydrogen (secondary N) is 1. The molecule has 2 rings (SSSR count). The van der Waals surface area contributed by atoms with Gasteiger partial charge in [-0.3, -0.25) is 4.79 Å². The van der Waals surface area contributed by atoms with Crippen molar-refractivity contribution < 1.29 is 18.0 Å². The normalized spacial score (nSPS) is 12.1. The van der Waals surface area contributed by atoms with Gasteiger partial charge in [0.25, 0.3) is 0 Å². The van der Waals surface area contributed by atoms with Crippen LogP contribution in [0.25, 0.3) is 0 Å². The predicted molar refractivity (Wildman–Crippen MR) is 106 cm³/mol. The fraction of sp³-hybridized carbons (Fsp3) is 0.350. The highest BCUT2D eigenvalue weighted by Crippen LogP contribution is 2.34. The number of hydrogen-bond acceptors (Lipinski definition) is 2. The van der Waals surface area contributed by atoms with Crippen molar-refractivity contribution in [2.24, 2.45) is 0 Å². The first kappa shape index (κ1) is 21.6. The molecule has 0 aromatic heterocycles. The highest BCUT2D eigenvalue weighted by molar-refractivity contribution is 8.00. The summed E-state index contributed by atoms with van der Waals surface area (Å²) in [5, 5.41) is 2.53. The zero-order valence-corrected chi connectivity index (χ0v) is 17.1. The smallest absolute Gasteiger partial charge is 0.324 e. The number of aryl methyl sites for hydroxylation is 1. The number of amides is 1. The molecule has 0 bridgehead atoms. The molecular formula is C20H21ClF3NOS. The third kappa shape index (κ3) is 5.91. The van der Waals surface area contributed by atoms with Crippen molar-refractivity contribution in [2.75, 3.05) is 11.1 Å². The minimum Gasteiger partial charge on any atom is -0.324 e. The molecule has 0 aliphatic rings. The van der Waals surface area contributed by atoms with E-state index in [2.05, 4.69) is 32.2 Å². The molecule has 0 aliphatic heterocycles. The predicted octanol–water partition coefficient (Wildman–Crippen LogP) is 6.70. The summed E-state index contributed by atoms with van der Waals surface area (Å²) >= 11 is 7.26. The van der Waals surface area contributed by atoms with E-state index in [-0.39, 0.29) is 21.9 Å². The van der Waals surface area contributed by atoms with Crippen molar-refractivity contribution in [3.05, 3.63) is 58.1 Å². The molecule has 1 amide bonds. The van der Waals surface area contributed by atoms with E-state index in [0.717, 1.165) is 34.2 Å². The van der Waals surface area contributed by atoms with Crippen LogP contribution in [0.15, 0.2) is 41.3 Å². The van der Waals surface area contributed by atoms with Gasteiger partial charge in [0, 0.05) is 4.90 Å². The molecule has 146 valence electrons. The first-order valence-corrected chi connectivity index (χ1v) is 9.65. The fourth-order valence-electron chi connectivity index (χ4n) is 2.35. The SMILES string of the molecule is Cc1ccc(C(C)(C)C)cc1SCC(=O)Nc1cc(C(F)(F)F)ccc1Cl. The van der Waals surface area contributed by atoms with Crippen molar-refractivity contribution in [1.29, 1.82) is 0 Å². The van der Waals surface area contributed by atoms with E-state index < -0.39 is 17.6 Å². The maximum atomic E-state index is 12.8. The van der Waals surface area contributed by atoms with E-state index in [9.17, 15) is 18.0 Å². The van der Waals surface area contributed by atoms with Crippen LogP contribution in [-0.4, -0.2) is 11.7 Å². The van der Waals surface area contributed by atoms with Crippen LogP contribution >= 0.6 is 23.4 Å². The minimum absolute atomic E-state index is 0.0170. The van der Waals surface area contributed by atoms with Crippen LogP contribution in [0, 0.1) is 6.92 Å². The number of thioether (sulfide) groups is 1. The molecule has 0 saturated heterocycles. The molecule has 27 heavy (non-hydrogen) atoms. The first-order chi connectivity index (χ1) is 12.4. The Kier molecular flexibility index (Phi) is 6.53. The number of anilines is 1. The summed E-state index contributed by atoms with van der Waals surface area (Å²) in [6.45, 7) is 8.27. The summed E-state index contributed by atoms with van der Waals surface area (Å²) in [7, 11) is 0. The largest absolute Gasteiger partial charge is 0.416 e. The van der Waals surface area contributed by atoms with Crippen molar-refractivity contribution >= 4 is 35.0 Å². The quantitative estimate of drug-likeness (QED) is 0.563. The van der Waals surface area contributed by atoms with Crippen LogP contribution in [0.3, 0.4) is 0 Å². The Labute approximate surface area is 166 Å². The Bertz CT molecular complexity index is 844. The van der Waals surface area contributed by atoms with Crippen LogP contribution in [0.2, 0.25) is 5.02 Å². The van der Waals surface area contributed by atoms with E-state index in [0.29, 0.717) is 0 Å². The van der Waals surface area contributed by atoms with Gasteiger partial charge >= 0.3 is 6.18 Å². The van der Waals surface area contributed by atoms with Crippen LogP contribution in [-0.2, 0) is 16.4 Å². The average Bonchev–Trinajstić information content (AvgIpc) is 2.54. The van der Waals surface area contributed by atoms with Gasteiger partial charge in [0.1, 0.15) is 0 Å².